The van der Waals surface area contributed by atoms with Crippen LogP contribution in [0.3, 0.4) is 0 Å². The molecule has 0 bridgehead atoms. The van der Waals surface area contributed by atoms with Gasteiger partial charge >= 0.3 is 6.09 Å². The summed E-state index contributed by atoms with van der Waals surface area (Å²) in [6.07, 6.45) is 0.332. The average Bonchev–Trinajstić information content (AvgIpc) is 3.15. The molecule has 9 nitrogen and oxygen atoms in total. The van der Waals surface area contributed by atoms with Crippen LogP contribution in [0.5, 0.6) is 0 Å². The number of nitrogens with one attached hydrogen (secondary N) is 3. The number of alkyl carbamates (subject to hydrolysis) is 1. The number of hydrogen-bond donors (Lipinski definition) is 3. The van der Waals surface area contributed by atoms with Gasteiger partial charge in [-0.05, 0) is 37.3 Å². The van der Waals surface area contributed by atoms with Crippen molar-refractivity contribution in [1.29, 1.82) is 0 Å². The summed E-state index contributed by atoms with van der Waals surface area (Å²) in [5, 5.41) is 8.35. The van der Waals surface area contributed by atoms with Gasteiger partial charge in [-0.2, -0.15) is 0 Å². The second-order valence-corrected chi connectivity index (χ2v) is 9.61. The van der Waals surface area contributed by atoms with Crippen LogP contribution in [-0.4, -0.2) is 66.9 Å². The van der Waals surface area contributed by atoms with Crippen molar-refractivity contribution in [3.8, 4) is 0 Å². The quantitative estimate of drug-likeness (QED) is 0.451. The highest BCUT2D eigenvalue weighted by Gasteiger charge is 2.38. The molecule has 0 aliphatic carbocycles. The molecule has 0 radical (unpaired) electrons. The van der Waals surface area contributed by atoms with E-state index in [1.54, 1.807) is 7.05 Å². The molecular weight excluding hydrogens is 436 g/mol. The van der Waals surface area contributed by atoms with Crippen LogP contribution < -0.4 is 16.0 Å². The number of ketones is 1. The van der Waals surface area contributed by atoms with Crippen LogP contribution >= 0.6 is 0 Å². The Morgan fingerprint density at radius 2 is 1.65 bits per heavy atom. The number of rotatable bonds is 11. The van der Waals surface area contributed by atoms with Crippen LogP contribution in [0, 0.1) is 11.8 Å². The van der Waals surface area contributed by atoms with E-state index in [4.69, 9.17) is 4.74 Å². The fraction of sp³-hybridized carbons (Fsp3) is 0.600. The highest BCUT2D eigenvalue weighted by molar-refractivity contribution is 5.98. The van der Waals surface area contributed by atoms with E-state index in [0.29, 0.717) is 18.8 Å². The van der Waals surface area contributed by atoms with Crippen molar-refractivity contribution in [2.45, 2.75) is 65.3 Å². The molecule has 1 aliphatic heterocycles. The summed E-state index contributed by atoms with van der Waals surface area (Å²) in [7, 11) is 1.72. The molecule has 1 aromatic carbocycles. The number of carbonyl (C=O) groups excluding carboxylic acids is 4. The number of likely N-dealkylation sites (tertiary alicyclic amines) is 1. The summed E-state index contributed by atoms with van der Waals surface area (Å²) in [6, 6.07) is 7.21. The Kier molecular flexibility index (Phi) is 10.5. The molecule has 0 spiro atoms. The first-order valence-electron chi connectivity index (χ1n) is 11.9. The first-order valence-corrected chi connectivity index (χ1v) is 11.9. The summed E-state index contributed by atoms with van der Waals surface area (Å²) in [5.74, 6) is -0.404. The van der Waals surface area contributed by atoms with Gasteiger partial charge in [-0.25, -0.2) is 4.79 Å². The van der Waals surface area contributed by atoms with Gasteiger partial charge in [0, 0.05) is 6.54 Å². The summed E-state index contributed by atoms with van der Waals surface area (Å²) < 4.78 is 5.24. The van der Waals surface area contributed by atoms with Crippen molar-refractivity contribution < 1.29 is 23.9 Å². The van der Waals surface area contributed by atoms with Crippen molar-refractivity contribution in [1.82, 2.24) is 20.9 Å². The van der Waals surface area contributed by atoms with E-state index in [1.807, 2.05) is 58.0 Å². The van der Waals surface area contributed by atoms with Crippen molar-refractivity contribution >= 4 is 23.7 Å². The number of amides is 3. The largest absolute Gasteiger partial charge is 0.445 e. The minimum atomic E-state index is -0.855. The van der Waals surface area contributed by atoms with Crippen LogP contribution in [0.25, 0.3) is 0 Å². The lowest BCUT2D eigenvalue weighted by Crippen LogP contribution is -2.52. The number of carbonyl (C=O) groups is 4. The molecule has 1 fully saturated rings. The fourth-order valence-electron chi connectivity index (χ4n) is 3.90. The Labute approximate surface area is 202 Å². The third kappa shape index (κ3) is 8.44. The molecule has 2 rings (SSSR count). The smallest absolute Gasteiger partial charge is 0.408 e. The maximum Gasteiger partial charge on any atom is 0.408 e. The zero-order valence-corrected chi connectivity index (χ0v) is 20.8. The van der Waals surface area contributed by atoms with Gasteiger partial charge in [-0.3, -0.25) is 14.4 Å². The molecule has 34 heavy (non-hydrogen) atoms. The molecule has 9 heteroatoms. The minimum absolute atomic E-state index is 0.0402. The van der Waals surface area contributed by atoms with Crippen LogP contribution in [0.4, 0.5) is 4.79 Å². The lowest BCUT2D eigenvalue weighted by molar-refractivity contribution is -0.134. The topological polar surface area (TPSA) is 117 Å². The zero-order valence-electron chi connectivity index (χ0n) is 20.8. The number of nitrogens with zero attached hydrogens (tertiary/aromatic N) is 1. The van der Waals surface area contributed by atoms with E-state index in [-0.39, 0.29) is 43.3 Å². The number of benzene rings is 1. The van der Waals surface area contributed by atoms with Gasteiger partial charge in [-0.1, -0.05) is 58.0 Å². The second kappa shape index (κ2) is 13.1. The maximum absolute atomic E-state index is 13.0. The van der Waals surface area contributed by atoms with Gasteiger partial charge in [0.15, 0.2) is 5.78 Å². The SMILES string of the molecule is CN[C@@H](CC(C)C)C(=O)N1CC(=O)C(NC(=O)[C@H](CC(C)C)NC(=O)OCc2ccccc2)C1. The minimum Gasteiger partial charge on any atom is -0.445 e. The van der Waals surface area contributed by atoms with Crippen LogP contribution in [-0.2, 0) is 25.7 Å². The van der Waals surface area contributed by atoms with Gasteiger partial charge in [0.05, 0.1) is 12.6 Å². The summed E-state index contributed by atoms with van der Waals surface area (Å²) in [5.41, 5.74) is 0.834. The molecular formula is C25H38N4O5. The van der Waals surface area contributed by atoms with Crippen molar-refractivity contribution in [2.24, 2.45) is 11.8 Å². The Balaban J connectivity index is 1.95. The van der Waals surface area contributed by atoms with Gasteiger partial charge in [-0.15, -0.1) is 0 Å². The molecule has 0 aromatic heterocycles. The van der Waals surface area contributed by atoms with Gasteiger partial charge in [0.25, 0.3) is 0 Å². The highest BCUT2D eigenvalue weighted by Crippen LogP contribution is 2.14. The number of hydrogen-bond acceptors (Lipinski definition) is 6. The van der Waals surface area contributed by atoms with E-state index < -0.39 is 24.1 Å². The highest BCUT2D eigenvalue weighted by atomic mass is 16.5. The van der Waals surface area contributed by atoms with E-state index in [2.05, 4.69) is 16.0 Å². The lowest BCUT2D eigenvalue weighted by Gasteiger charge is -2.24. The molecule has 1 saturated heterocycles. The van der Waals surface area contributed by atoms with Crippen LogP contribution in [0.2, 0.25) is 0 Å². The van der Waals surface area contributed by atoms with Crippen LogP contribution in [0.15, 0.2) is 30.3 Å². The number of Topliss-reactive ketones (excluding diaryl/α,β-unsaturated/α-hetero) is 1. The fourth-order valence-corrected chi connectivity index (χ4v) is 3.90. The molecule has 3 N–H and O–H groups in total. The second-order valence-electron chi connectivity index (χ2n) is 9.61. The summed E-state index contributed by atoms with van der Waals surface area (Å²) in [6.45, 7) is 8.10. The van der Waals surface area contributed by atoms with E-state index in [0.717, 1.165) is 5.56 Å². The standard InChI is InChI=1S/C25H38N4O5/c1-16(2)11-19(28-25(33)34-15-18-9-7-6-8-10-18)23(31)27-21-13-29(14-22(21)30)24(32)20(26-5)12-17(3)4/h6-10,16-17,19-21,26H,11-15H2,1-5H3,(H,27,31)(H,28,33)/t19-,20-,21?/m0/s1. The molecule has 1 aromatic rings. The number of ether oxygens (including phenoxy) is 1. The molecule has 0 saturated carbocycles. The summed E-state index contributed by atoms with van der Waals surface area (Å²) >= 11 is 0. The molecule has 3 amide bonds. The van der Waals surface area contributed by atoms with E-state index >= 15 is 0 Å². The third-order valence-electron chi connectivity index (χ3n) is 5.65. The van der Waals surface area contributed by atoms with Crippen molar-refractivity contribution in [3.63, 3.8) is 0 Å². The Morgan fingerprint density at radius 1 is 1.03 bits per heavy atom. The monoisotopic (exact) mass is 474 g/mol. The normalized spacial score (nSPS) is 17.6. The number of likely N-dealkylation sites (N-methyl/N-ethyl adjacent to an activating group) is 1. The average molecular weight is 475 g/mol. The molecule has 1 aliphatic rings. The van der Waals surface area contributed by atoms with Gasteiger partial charge in [0.1, 0.15) is 18.7 Å². The first-order chi connectivity index (χ1) is 16.1. The first kappa shape index (κ1) is 27.3. The van der Waals surface area contributed by atoms with Crippen molar-refractivity contribution in [3.05, 3.63) is 35.9 Å². The lowest BCUT2D eigenvalue weighted by atomic mass is 10.0. The van der Waals surface area contributed by atoms with Gasteiger partial charge in [0.2, 0.25) is 11.8 Å². The van der Waals surface area contributed by atoms with E-state index in [9.17, 15) is 19.2 Å². The van der Waals surface area contributed by atoms with Gasteiger partial charge < -0.3 is 25.6 Å². The summed E-state index contributed by atoms with van der Waals surface area (Å²) in [4.78, 5) is 52.1. The van der Waals surface area contributed by atoms with Crippen LogP contribution in [0.1, 0.15) is 46.1 Å². The zero-order chi connectivity index (χ0) is 25.3. The molecule has 3 atom stereocenters. The Bertz CT molecular complexity index is 843. The maximum atomic E-state index is 13.0. The molecule has 188 valence electrons. The Hall–Kier alpha value is -2.94. The van der Waals surface area contributed by atoms with E-state index in [1.165, 1.54) is 4.90 Å². The van der Waals surface area contributed by atoms with Crippen molar-refractivity contribution in [2.75, 3.05) is 20.1 Å². The Morgan fingerprint density at radius 3 is 2.24 bits per heavy atom. The predicted molar refractivity (Wildman–Crippen MR) is 129 cm³/mol. The molecule has 1 unspecified atom stereocenters. The third-order valence-corrected chi connectivity index (χ3v) is 5.65. The predicted octanol–water partition coefficient (Wildman–Crippen LogP) is 1.86. The molecule has 1 heterocycles.